The molecule has 0 saturated carbocycles. The van der Waals surface area contributed by atoms with E-state index in [-0.39, 0.29) is 11.4 Å². The average Bonchev–Trinajstić information content (AvgIpc) is 2.98. The summed E-state index contributed by atoms with van der Waals surface area (Å²) in [5, 5.41) is 9.09. The van der Waals surface area contributed by atoms with Gasteiger partial charge in [-0.1, -0.05) is 12.1 Å². The molecule has 0 radical (unpaired) electrons. The molecule has 2 saturated heterocycles. The number of nitrogens with zero attached hydrogens (tertiary/aromatic N) is 4. The predicted octanol–water partition coefficient (Wildman–Crippen LogP) is 3.11. The molecule has 132 valence electrons. The Bertz CT molecular complexity index is 845. The van der Waals surface area contributed by atoms with Crippen molar-refractivity contribution in [3.8, 4) is 6.07 Å². The van der Waals surface area contributed by atoms with Crippen molar-refractivity contribution in [3.63, 3.8) is 0 Å². The highest BCUT2D eigenvalue weighted by Gasteiger charge is 2.48. The van der Waals surface area contributed by atoms with Crippen LogP contribution < -0.4 is 4.90 Å². The second-order valence-corrected chi connectivity index (χ2v) is 7.28. The van der Waals surface area contributed by atoms with Crippen LogP contribution >= 0.6 is 0 Å². The van der Waals surface area contributed by atoms with E-state index >= 15 is 0 Å². The summed E-state index contributed by atoms with van der Waals surface area (Å²) in [5.41, 5.74) is 2.62. The number of anilines is 1. The molecular formula is C21H22N4O. The van der Waals surface area contributed by atoms with E-state index < -0.39 is 0 Å². The summed E-state index contributed by atoms with van der Waals surface area (Å²) in [6.45, 7) is 2.27. The van der Waals surface area contributed by atoms with Gasteiger partial charge >= 0.3 is 0 Å². The molecule has 2 aliphatic heterocycles. The zero-order valence-corrected chi connectivity index (χ0v) is 14.8. The van der Waals surface area contributed by atoms with Crippen molar-refractivity contribution in [1.29, 1.82) is 5.26 Å². The third kappa shape index (κ3) is 3.03. The monoisotopic (exact) mass is 346 g/mol. The standard InChI is InChI=1S/C21H22N4O/c22-13-17-5-3-6-18(11-17)15-24-16-21(12-20(24)26)8-1-2-10-25(21)19-7-4-9-23-14-19/h3-7,9,11,14H,1-2,8,10,12,15-16H2. The first-order valence-electron chi connectivity index (χ1n) is 9.15. The van der Waals surface area contributed by atoms with Gasteiger partial charge < -0.3 is 9.80 Å². The molecule has 1 spiro atoms. The van der Waals surface area contributed by atoms with E-state index in [1.807, 2.05) is 35.4 Å². The largest absolute Gasteiger partial charge is 0.362 e. The lowest BCUT2D eigenvalue weighted by molar-refractivity contribution is -0.128. The van der Waals surface area contributed by atoms with Crippen molar-refractivity contribution >= 4 is 11.6 Å². The molecule has 1 amide bonds. The van der Waals surface area contributed by atoms with Crippen molar-refractivity contribution in [1.82, 2.24) is 9.88 Å². The fourth-order valence-electron chi connectivity index (χ4n) is 4.36. The van der Waals surface area contributed by atoms with Gasteiger partial charge in [0.1, 0.15) is 0 Å². The zero-order chi connectivity index (χ0) is 18.0. The first-order valence-corrected chi connectivity index (χ1v) is 9.15. The number of pyridine rings is 1. The molecule has 1 aromatic carbocycles. The molecule has 1 unspecified atom stereocenters. The van der Waals surface area contributed by atoms with E-state index in [0.717, 1.165) is 43.6 Å². The van der Waals surface area contributed by atoms with Crippen molar-refractivity contribution in [2.24, 2.45) is 0 Å². The molecule has 2 aliphatic rings. The number of hydrogen-bond donors (Lipinski definition) is 0. The smallest absolute Gasteiger partial charge is 0.225 e. The van der Waals surface area contributed by atoms with Crippen LogP contribution in [0, 0.1) is 11.3 Å². The molecule has 26 heavy (non-hydrogen) atoms. The number of likely N-dealkylation sites (tertiary alicyclic amines) is 1. The highest BCUT2D eigenvalue weighted by molar-refractivity contribution is 5.81. The van der Waals surface area contributed by atoms with Crippen LogP contribution in [-0.4, -0.2) is 34.4 Å². The number of benzene rings is 1. The summed E-state index contributed by atoms with van der Waals surface area (Å²) < 4.78 is 0. The van der Waals surface area contributed by atoms with Gasteiger partial charge in [-0.3, -0.25) is 9.78 Å². The third-order valence-corrected chi connectivity index (χ3v) is 5.55. The zero-order valence-electron chi connectivity index (χ0n) is 14.8. The fourth-order valence-corrected chi connectivity index (χ4v) is 4.36. The first kappa shape index (κ1) is 16.6. The van der Waals surface area contributed by atoms with Gasteiger partial charge in [0.15, 0.2) is 0 Å². The Labute approximate surface area is 153 Å². The number of aromatic nitrogens is 1. The molecule has 5 heteroatoms. The third-order valence-electron chi connectivity index (χ3n) is 5.55. The number of rotatable bonds is 3. The van der Waals surface area contributed by atoms with Gasteiger partial charge in [0.25, 0.3) is 0 Å². The quantitative estimate of drug-likeness (QED) is 0.857. The minimum absolute atomic E-state index is 0.134. The number of piperidine rings is 1. The molecule has 1 atom stereocenters. The summed E-state index contributed by atoms with van der Waals surface area (Å²) in [4.78, 5) is 21.4. The van der Waals surface area contributed by atoms with Crippen LogP contribution in [0.25, 0.3) is 0 Å². The summed E-state index contributed by atoms with van der Waals surface area (Å²) in [6.07, 6.45) is 7.57. The van der Waals surface area contributed by atoms with Crippen LogP contribution in [0.4, 0.5) is 5.69 Å². The van der Waals surface area contributed by atoms with Crippen LogP contribution in [-0.2, 0) is 11.3 Å². The lowest BCUT2D eigenvalue weighted by Gasteiger charge is -2.45. The Morgan fingerprint density at radius 1 is 1.23 bits per heavy atom. The highest BCUT2D eigenvalue weighted by atomic mass is 16.2. The van der Waals surface area contributed by atoms with Gasteiger partial charge in [0.2, 0.25) is 5.91 Å². The number of nitriles is 1. The molecule has 0 N–H and O–H groups in total. The van der Waals surface area contributed by atoms with Crippen LogP contribution in [0.2, 0.25) is 0 Å². The van der Waals surface area contributed by atoms with Gasteiger partial charge in [-0.05, 0) is 49.1 Å². The van der Waals surface area contributed by atoms with Crippen LogP contribution in [0.3, 0.4) is 0 Å². The van der Waals surface area contributed by atoms with Crippen molar-refractivity contribution in [3.05, 3.63) is 59.9 Å². The van der Waals surface area contributed by atoms with Gasteiger partial charge in [-0.25, -0.2) is 0 Å². The molecule has 0 bridgehead atoms. The van der Waals surface area contributed by atoms with Crippen molar-refractivity contribution in [2.45, 2.75) is 37.8 Å². The Hall–Kier alpha value is -2.87. The maximum Gasteiger partial charge on any atom is 0.225 e. The predicted molar refractivity (Wildman–Crippen MR) is 99.4 cm³/mol. The average molecular weight is 346 g/mol. The van der Waals surface area contributed by atoms with Crippen LogP contribution in [0.15, 0.2) is 48.8 Å². The van der Waals surface area contributed by atoms with Gasteiger partial charge in [0, 0.05) is 25.8 Å². The van der Waals surface area contributed by atoms with Crippen LogP contribution in [0.5, 0.6) is 0 Å². The van der Waals surface area contributed by atoms with Crippen molar-refractivity contribution < 1.29 is 4.79 Å². The number of carbonyl (C=O) groups is 1. The lowest BCUT2D eigenvalue weighted by atomic mass is 9.85. The van der Waals surface area contributed by atoms with E-state index in [9.17, 15) is 4.79 Å². The fraction of sp³-hybridized carbons (Fsp3) is 0.381. The summed E-state index contributed by atoms with van der Waals surface area (Å²) in [6, 6.07) is 13.7. The first-order chi connectivity index (χ1) is 12.7. The summed E-state index contributed by atoms with van der Waals surface area (Å²) in [5.74, 6) is 0.197. The lowest BCUT2D eigenvalue weighted by Crippen LogP contribution is -2.53. The topological polar surface area (TPSA) is 60.2 Å². The van der Waals surface area contributed by atoms with Crippen molar-refractivity contribution in [2.75, 3.05) is 18.0 Å². The normalized spacial score (nSPS) is 22.7. The SMILES string of the molecule is N#Cc1cccc(CN2CC3(CCCCN3c3cccnc3)CC2=O)c1. The van der Waals surface area contributed by atoms with Gasteiger partial charge in [-0.15, -0.1) is 0 Å². The minimum Gasteiger partial charge on any atom is -0.362 e. The molecule has 1 aromatic heterocycles. The number of amides is 1. The van der Waals surface area contributed by atoms with E-state index in [0.29, 0.717) is 18.5 Å². The number of carbonyl (C=O) groups excluding carboxylic acids is 1. The Morgan fingerprint density at radius 3 is 2.96 bits per heavy atom. The number of hydrogen-bond acceptors (Lipinski definition) is 4. The Morgan fingerprint density at radius 2 is 2.15 bits per heavy atom. The Kier molecular flexibility index (Phi) is 4.34. The van der Waals surface area contributed by atoms with E-state index in [1.54, 1.807) is 12.3 Å². The highest BCUT2D eigenvalue weighted by Crippen LogP contribution is 2.40. The molecule has 3 heterocycles. The van der Waals surface area contributed by atoms with Gasteiger partial charge in [0.05, 0.1) is 35.5 Å². The van der Waals surface area contributed by atoms with E-state index in [2.05, 4.69) is 22.0 Å². The molecule has 2 fully saturated rings. The maximum atomic E-state index is 12.8. The molecule has 2 aromatic rings. The van der Waals surface area contributed by atoms with Crippen LogP contribution in [0.1, 0.15) is 36.8 Å². The Balaban J connectivity index is 1.58. The second-order valence-electron chi connectivity index (χ2n) is 7.28. The molecule has 4 rings (SSSR count). The van der Waals surface area contributed by atoms with Gasteiger partial charge in [-0.2, -0.15) is 5.26 Å². The summed E-state index contributed by atoms with van der Waals surface area (Å²) >= 11 is 0. The summed E-state index contributed by atoms with van der Waals surface area (Å²) in [7, 11) is 0. The van der Waals surface area contributed by atoms with E-state index in [4.69, 9.17) is 5.26 Å². The minimum atomic E-state index is -0.134. The molecular weight excluding hydrogens is 324 g/mol. The molecule has 0 aliphatic carbocycles. The second kappa shape index (κ2) is 6.80. The maximum absolute atomic E-state index is 12.8. The van der Waals surface area contributed by atoms with E-state index in [1.165, 1.54) is 0 Å². The molecule has 5 nitrogen and oxygen atoms in total.